The molecule has 1 heterocycles. The number of hydrogen-bond donors (Lipinski definition) is 0. The topological polar surface area (TPSA) is 49.9 Å². The molecular formula is C26H30N2O3. The minimum atomic E-state index is -0.194. The van der Waals surface area contributed by atoms with Gasteiger partial charge < -0.3 is 9.64 Å². The average Bonchev–Trinajstić information content (AvgIpc) is 3.04. The Morgan fingerprint density at radius 1 is 0.903 bits per heavy atom. The third-order valence-electron chi connectivity index (χ3n) is 6.02. The molecule has 0 atom stereocenters. The highest BCUT2D eigenvalue weighted by atomic mass is 16.5. The van der Waals surface area contributed by atoms with Gasteiger partial charge in [0.25, 0.3) is 11.8 Å². The van der Waals surface area contributed by atoms with Crippen LogP contribution >= 0.6 is 0 Å². The van der Waals surface area contributed by atoms with Crippen molar-refractivity contribution in [1.82, 2.24) is 4.90 Å². The van der Waals surface area contributed by atoms with Crippen LogP contribution in [0.2, 0.25) is 0 Å². The first kappa shape index (κ1) is 21.2. The Hall–Kier alpha value is -3.08. The second-order valence-electron chi connectivity index (χ2n) is 8.58. The van der Waals surface area contributed by atoms with E-state index in [2.05, 4.69) is 0 Å². The maximum Gasteiger partial charge on any atom is 0.278 e. The van der Waals surface area contributed by atoms with Crippen molar-refractivity contribution < 1.29 is 14.3 Å². The molecule has 0 saturated heterocycles. The number of carbonyl (C=O) groups is 2. The quantitative estimate of drug-likeness (QED) is 0.618. The molecule has 0 bridgehead atoms. The largest absolute Gasteiger partial charge is 0.491 e. The van der Waals surface area contributed by atoms with E-state index in [4.69, 9.17) is 4.74 Å². The smallest absolute Gasteiger partial charge is 0.278 e. The van der Waals surface area contributed by atoms with Gasteiger partial charge in [-0.05, 0) is 56.5 Å². The SMILES string of the molecule is CC(C)Oc1ccc(C2=C(N(C)c3ccccc3)C(=O)N(C3CCCCC3)C2=O)cc1. The molecule has 2 aliphatic rings. The summed E-state index contributed by atoms with van der Waals surface area (Å²) in [6, 6.07) is 17.2. The summed E-state index contributed by atoms with van der Waals surface area (Å²) < 4.78 is 5.75. The van der Waals surface area contributed by atoms with Crippen molar-refractivity contribution in [2.45, 2.75) is 58.1 Å². The standard InChI is InChI=1S/C26H30N2O3/c1-18(2)31-22-16-14-19(15-17-22)23-24(27(3)20-10-6-4-7-11-20)26(30)28(25(23)29)21-12-8-5-9-13-21/h4,6-7,10-11,14-18,21H,5,8-9,12-13H2,1-3H3. The van der Waals surface area contributed by atoms with Crippen LogP contribution in [0.3, 0.4) is 0 Å². The molecule has 0 radical (unpaired) electrons. The number of imide groups is 1. The third-order valence-corrected chi connectivity index (χ3v) is 6.02. The Kier molecular flexibility index (Phi) is 6.12. The van der Waals surface area contributed by atoms with Gasteiger partial charge in [0.05, 0.1) is 11.7 Å². The summed E-state index contributed by atoms with van der Waals surface area (Å²) in [7, 11) is 1.86. The van der Waals surface area contributed by atoms with Crippen LogP contribution < -0.4 is 9.64 Å². The van der Waals surface area contributed by atoms with Crippen molar-refractivity contribution in [3.8, 4) is 5.75 Å². The van der Waals surface area contributed by atoms with Crippen LogP contribution in [-0.2, 0) is 9.59 Å². The molecule has 5 heteroatoms. The molecule has 0 aromatic heterocycles. The van der Waals surface area contributed by atoms with Gasteiger partial charge in [-0.2, -0.15) is 0 Å². The van der Waals surface area contributed by atoms with Crippen LogP contribution in [0.1, 0.15) is 51.5 Å². The van der Waals surface area contributed by atoms with Crippen molar-refractivity contribution in [2.24, 2.45) is 0 Å². The highest BCUT2D eigenvalue weighted by Gasteiger charge is 2.44. The van der Waals surface area contributed by atoms with Gasteiger partial charge in [0.15, 0.2) is 0 Å². The molecule has 0 spiro atoms. The highest BCUT2D eigenvalue weighted by Crippen LogP contribution is 2.37. The van der Waals surface area contributed by atoms with Crippen LogP contribution in [-0.4, -0.2) is 35.9 Å². The maximum absolute atomic E-state index is 13.6. The van der Waals surface area contributed by atoms with Crippen molar-refractivity contribution in [2.75, 3.05) is 11.9 Å². The Labute approximate surface area is 184 Å². The van der Waals surface area contributed by atoms with Gasteiger partial charge in [-0.25, -0.2) is 0 Å². The van der Waals surface area contributed by atoms with Crippen LogP contribution in [0.5, 0.6) is 5.75 Å². The molecule has 5 nitrogen and oxygen atoms in total. The summed E-state index contributed by atoms with van der Waals surface area (Å²) in [4.78, 5) is 30.6. The number of carbonyl (C=O) groups excluding carboxylic acids is 2. The highest BCUT2D eigenvalue weighted by molar-refractivity contribution is 6.36. The number of ether oxygens (including phenoxy) is 1. The van der Waals surface area contributed by atoms with Gasteiger partial charge in [-0.1, -0.05) is 49.6 Å². The van der Waals surface area contributed by atoms with E-state index in [1.165, 1.54) is 11.3 Å². The molecule has 0 unspecified atom stereocenters. The lowest BCUT2D eigenvalue weighted by Crippen LogP contribution is -2.43. The van der Waals surface area contributed by atoms with Gasteiger partial charge in [-0.3, -0.25) is 14.5 Å². The van der Waals surface area contributed by atoms with Crippen molar-refractivity contribution in [3.63, 3.8) is 0 Å². The first-order valence-electron chi connectivity index (χ1n) is 11.2. The first-order valence-corrected chi connectivity index (χ1v) is 11.2. The minimum absolute atomic E-state index is 0.0195. The fourth-order valence-corrected chi connectivity index (χ4v) is 4.53. The second kappa shape index (κ2) is 8.96. The molecule has 31 heavy (non-hydrogen) atoms. The summed E-state index contributed by atoms with van der Waals surface area (Å²) in [5, 5.41) is 0. The van der Waals surface area contributed by atoms with E-state index >= 15 is 0 Å². The Balaban J connectivity index is 1.76. The molecule has 2 aromatic carbocycles. The minimum Gasteiger partial charge on any atom is -0.491 e. The molecular weight excluding hydrogens is 388 g/mol. The van der Waals surface area contributed by atoms with Crippen LogP contribution in [0.25, 0.3) is 5.57 Å². The van der Waals surface area contributed by atoms with Crippen molar-refractivity contribution >= 4 is 23.1 Å². The average molecular weight is 419 g/mol. The molecule has 1 aliphatic carbocycles. The van der Waals surface area contributed by atoms with E-state index in [9.17, 15) is 9.59 Å². The van der Waals surface area contributed by atoms with E-state index in [0.29, 0.717) is 11.3 Å². The summed E-state index contributed by atoms with van der Waals surface area (Å²) >= 11 is 0. The fourth-order valence-electron chi connectivity index (χ4n) is 4.53. The predicted molar refractivity (Wildman–Crippen MR) is 123 cm³/mol. The zero-order valence-electron chi connectivity index (χ0n) is 18.5. The molecule has 4 rings (SSSR count). The van der Waals surface area contributed by atoms with Crippen molar-refractivity contribution in [1.29, 1.82) is 0 Å². The first-order chi connectivity index (χ1) is 15.0. The Morgan fingerprint density at radius 3 is 2.16 bits per heavy atom. The number of amides is 2. The second-order valence-corrected chi connectivity index (χ2v) is 8.58. The van der Waals surface area contributed by atoms with Gasteiger partial charge >= 0.3 is 0 Å². The van der Waals surface area contributed by atoms with Crippen LogP contribution in [0.4, 0.5) is 5.69 Å². The number of nitrogens with zero attached hydrogens (tertiary/aromatic N) is 2. The summed E-state index contributed by atoms with van der Waals surface area (Å²) in [6.07, 6.45) is 5.12. The number of anilines is 1. The molecule has 1 saturated carbocycles. The molecule has 0 N–H and O–H groups in total. The van der Waals surface area contributed by atoms with Gasteiger partial charge in [0.1, 0.15) is 11.4 Å². The zero-order chi connectivity index (χ0) is 22.0. The van der Waals surface area contributed by atoms with Gasteiger partial charge in [0.2, 0.25) is 0 Å². The number of hydrogen-bond acceptors (Lipinski definition) is 4. The number of likely N-dealkylation sites (N-methyl/N-ethyl adjacent to an activating group) is 1. The molecule has 1 aliphatic heterocycles. The zero-order valence-corrected chi connectivity index (χ0v) is 18.5. The summed E-state index contributed by atoms with van der Waals surface area (Å²) in [6.45, 7) is 3.95. The van der Waals surface area contributed by atoms with E-state index in [-0.39, 0.29) is 24.0 Å². The van der Waals surface area contributed by atoms with Gasteiger partial charge in [-0.15, -0.1) is 0 Å². The lowest BCUT2D eigenvalue weighted by Gasteiger charge is -2.30. The lowest BCUT2D eigenvalue weighted by molar-refractivity contribution is -0.140. The third kappa shape index (κ3) is 4.22. The summed E-state index contributed by atoms with van der Waals surface area (Å²) in [5.41, 5.74) is 2.53. The molecule has 1 fully saturated rings. The monoisotopic (exact) mass is 418 g/mol. The molecule has 2 aromatic rings. The molecule has 2 amide bonds. The van der Waals surface area contributed by atoms with E-state index in [1.54, 1.807) is 0 Å². The van der Waals surface area contributed by atoms with E-state index in [0.717, 1.165) is 42.7 Å². The van der Waals surface area contributed by atoms with Crippen molar-refractivity contribution in [3.05, 3.63) is 65.9 Å². The maximum atomic E-state index is 13.6. The van der Waals surface area contributed by atoms with Crippen LogP contribution in [0.15, 0.2) is 60.3 Å². The number of benzene rings is 2. The normalized spacial score (nSPS) is 17.6. The van der Waals surface area contributed by atoms with Gasteiger partial charge in [0, 0.05) is 18.8 Å². The molecule has 162 valence electrons. The van der Waals surface area contributed by atoms with E-state index < -0.39 is 0 Å². The number of rotatable bonds is 6. The van der Waals surface area contributed by atoms with E-state index in [1.807, 2.05) is 80.4 Å². The number of para-hydroxylation sites is 1. The fraction of sp³-hybridized carbons (Fsp3) is 0.385. The predicted octanol–water partition coefficient (Wildman–Crippen LogP) is 5.02. The lowest BCUT2D eigenvalue weighted by atomic mass is 9.94. The Bertz CT molecular complexity index is 973. The summed E-state index contributed by atoms with van der Waals surface area (Å²) in [5.74, 6) is 0.367. The Morgan fingerprint density at radius 2 is 1.55 bits per heavy atom. The van der Waals surface area contributed by atoms with Crippen LogP contribution in [0, 0.1) is 0 Å².